The molecule has 1 unspecified atom stereocenters. The minimum Gasteiger partial charge on any atom is -0.376 e. The molecule has 4 nitrogen and oxygen atoms in total. The summed E-state index contributed by atoms with van der Waals surface area (Å²) in [5.41, 5.74) is 0. The summed E-state index contributed by atoms with van der Waals surface area (Å²) in [4.78, 5) is 10.5. The van der Waals surface area contributed by atoms with Crippen LogP contribution in [0.2, 0.25) is 0 Å². The number of likely N-dealkylation sites (N-methyl/N-ethyl adjacent to an activating group) is 1. The lowest BCUT2D eigenvalue weighted by Crippen LogP contribution is -2.32. The first-order valence-corrected chi connectivity index (χ1v) is 6.43. The van der Waals surface area contributed by atoms with Crippen molar-refractivity contribution in [1.82, 2.24) is 9.97 Å². The number of hydrogen-bond donors (Lipinski definition) is 0. The number of halogens is 1. The molecule has 1 aromatic heterocycles. The Balaban J connectivity index is 2.03. The second-order valence-corrected chi connectivity index (χ2v) is 4.69. The van der Waals surface area contributed by atoms with Crippen molar-refractivity contribution in [2.24, 2.45) is 0 Å². The average Bonchev–Trinajstić information content (AvgIpc) is 2.78. The van der Waals surface area contributed by atoms with Gasteiger partial charge in [0, 0.05) is 25.8 Å². The molecular weight excluding hydrogens is 270 g/mol. The number of anilines is 1. The highest BCUT2D eigenvalue weighted by molar-refractivity contribution is 9.10. The van der Waals surface area contributed by atoms with Gasteiger partial charge in [-0.2, -0.15) is 0 Å². The van der Waals surface area contributed by atoms with E-state index in [0.717, 1.165) is 36.5 Å². The molecule has 1 aliphatic rings. The number of nitrogens with zero attached hydrogens (tertiary/aromatic N) is 3. The van der Waals surface area contributed by atoms with Crippen LogP contribution in [0, 0.1) is 0 Å². The van der Waals surface area contributed by atoms with Crippen molar-refractivity contribution in [1.29, 1.82) is 0 Å². The minimum absolute atomic E-state index is 0.355. The van der Waals surface area contributed by atoms with Crippen molar-refractivity contribution in [2.75, 3.05) is 24.6 Å². The molecular formula is C11H16BrN3O. The minimum atomic E-state index is 0.355. The van der Waals surface area contributed by atoms with Gasteiger partial charge in [0.15, 0.2) is 0 Å². The molecule has 1 fully saturated rings. The van der Waals surface area contributed by atoms with Gasteiger partial charge >= 0.3 is 0 Å². The van der Waals surface area contributed by atoms with Crippen LogP contribution in [0.5, 0.6) is 0 Å². The summed E-state index contributed by atoms with van der Waals surface area (Å²) in [5.74, 6) is 0.958. The first-order valence-electron chi connectivity index (χ1n) is 5.63. The lowest BCUT2D eigenvalue weighted by Gasteiger charge is -2.24. The van der Waals surface area contributed by atoms with Gasteiger partial charge < -0.3 is 9.64 Å². The number of ether oxygens (including phenoxy) is 1. The predicted molar refractivity (Wildman–Crippen MR) is 66.6 cm³/mol. The molecule has 2 rings (SSSR count). The van der Waals surface area contributed by atoms with Crippen LogP contribution in [0.3, 0.4) is 0 Å². The van der Waals surface area contributed by atoms with Crippen molar-refractivity contribution in [2.45, 2.75) is 25.9 Å². The second-order valence-electron chi connectivity index (χ2n) is 3.87. The maximum Gasteiger partial charge on any atom is 0.133 e. The summed E-state index contributed by atoms with van der Waals surface area (Å²) in [6.45, 7) is 4.88. The van der Waals surface area contributed by atoms with Crippen LogP contribution in [0.15, 0.2) is 17.0 Å². The Morgan fingerprint density at radius 1 is 1.56 bits per heavy atom. The summed E-state index contributed by atoms with van der Waals surface area (Å²) < 4.78 is 6.46. The van der Waals surface area contributed by atoms with Gasteiger partial charge in [0.05, 0.1) is 6.10 Å². The molecule has 0 bridgehead atoms. The standard InChI is InChI=1S/C11H16BrN3O/c1-2-15(7-9-4-3-5-16-9)11-6-10(12)13-8-14-11/h6,8-9H,2-5,7H2,1H3. The molecule has 5 heteroatoms. The SMILES string of the molecule is CCN(CC1CCCO1)c1cc(Br)ncn1. The zero-order chi connectivity index (χ0) is 11.4. The molecule has 0 saturated carbocycles. The maximum absolute atomic E-state index is 5.64. The molecule has 1 atom stereocenters. The van der Waals surface area contributed by atoms with Crippen LogP contribution in [0.4, 0.5) is 5.82 Å². The van der Waals surface area contributed by atoms with Crippen molar-refractivity contribution < 1.29 is 4.74 Å². The number of hydrogen-bond acceptors (Lipinski definition) is 4. The third-order valence-electron chi connectivity index (χ3n) is 2.77. The third kappa shape index (κ3) is 2.92. The van der Waals surface area contributed by atoms with Crippen molar-refractivity contribution in [3.63, 3.8) is 0 Å². The summed E-state index contributed by atoms with van der Waals surface area (Å²) in [6.07, 6.45) is 4.27. The van der Waals surface area contributed by atoms with E-state index in [1.807, 2.05) is 6.07 Å². The molecule has 16 heavy (non-hydrogen) atoms. The highest BCUT2D eigenvalue weighted by atomic mass is 79.9. The van der Waals surface area contributed by atoms with Gasteiger partial charge in [0.1, 0.15) is 16.7 Å². The van der Waals surface area contributed by atoms with Crippen LogP contribution in [0.25, 0.3) is 0 Å². The molecule has 0 aromatic carbocycles. The molecule has 88 valence electrons. The Kier molecular flexibility index (Phi) is 4.12. The average molecular weight is 286 g/mol. The summed E-state index contributed by atoms with van der Waals surface area (Å²) >= 11 is 3.36. The van der Waals surface area contributed by atoms with Crippen molar-refractivity contribution in [3.8, 4) is 0 Å². The van der Waals surface area contributed by atoms with E-state index < -0.39 is 0 Å². The van der Waals surface area contributed by atoms with Gasteiger partial charge in [0.2, 0.25) is 0 Å². The first kappa shape index (κ1) is 11.8. The fraction of sp³-hybridized carbons (Fsp3) is 0.636. The van der Waals surface area contributed by atoms with Crippen LogP contribution < -0.4 is 4.90 Å². The molecule has 0 radical (unpaired) electrons. The molecule has 1 saturated heterocycles. The first-order chi connectivity index (χ1) is 7.79. The Labute approximate surface area is 104 Å². The van der Waals surface area contributed by atoms with Gasteiger partial charge in [-0.3, -0.25) is 0 Å². The van der Waals surface area contributed by atoms with E-state index in [1.54, 1.807) is 6.33 Å². The highest BCUT2D eigenvalue weighted by Crippen LogP contribution is 2.18. The smallest absolute Gasteiger partial charge is 0.133 e. The highest BCUT2D eigenvalue weighted by Gasteiger charge is 2.19. The number of aromatic nitrogens is 2. The Morgan fingerprint density at radius 3 is 3.06 bits per heavy atom. The maximum atomic E-state index is 5.64. The molecule has 0 amide bonds. The monoisotopic (exact) mass is 285 g/mol. The van der Waals surface area contributed by atoms with E-state index in [2.05, 4.69) is 37.7 Å². The third-order valence-corrected chi connectivity index (χ3v) is 3.21. The molecule has 1 aromatic rings. The van der Waals surface area contributed by atoms with Crippen molar-refractivity contribution >= 4 is 21.7 Å². The molecule has 1 aliphatic heterocycles. The second kappa shape index (κ2) is 5.59. The lowest BCUT2D eigenvalue weighted by atomic mass is 10.2. The van der Waals surface area contributed by atoms with Crippen LogP contribution in [0.1, 0.15) is 19.8 Å². The molecule has 2 heterocycles. The largest absolute Gasteiger partial charge is 0.376 e. The Morgan fingerprint density at radius 2 is 2.44 bits per heavy atom. The summed E-state index contributed by atoms with van der Waals surface area (Å²) in [7, 11) is 0. The van der Waals surface area contributed by atoms with E-state index in [1.165, 1.54) is 6.42 Å². The van der Waals surface area contributed by atoms with Gasteiger partial charge in [-0.05, 0) is 35.7 Å². The van der Waals surface area contributed by atoms with E-state index in [0.29, 0.717) is 6.10 Å². The van der Waals surface area contributed by atoms with Crippen LogP contribution in [-0.4, -0.2) is 35.8 Å². The van der Waals surface area contributed by atoms with E-state index in [-0.39, 0.29) is 0 Å². The summed E-state index contributed by atoms with van der Waals surface area (Å²) in [5, 5.41) is 0. The van der Waals surface area contributed by atoms with E-state index >= 15 is 0 Å². The van der Waals surface area contributed by atoms with Gasteiger partial charge in [0.25, 0.3) is 0 Å². The molecule has 0 N–H and O–H groups in total. The fourth-order valence-corrected chi connectivity index (χ4v) is 2.21. The van der Waals surface area contributed by atoms with E-state index in [9.17, 15) is 0 Å². The van der Waals surface area contributed by atoms with Crippen LogP contribution in [-0.2, 0) is 4.74 Å². The summed E-state index contributed by atoms with van der Waals surface area (Å²) in [6, 6.07) is 1.94. The van der Waals surface area contributed by atoms with Gasteiger partial charge in [-0.15, -0.1) is 0 Å². The number of rotatable bonds is 4. The quantitative estimate of drug-likeness (QED) is 0.796. The topological polar surface area (TPSA) is 38.2 Å². The zero-order valence-electron chi connectivity index (χ0n) is 9.40. The van der Waals surface area contributed by atoms with Crippen molar-refractivity contribution in [3.05, 3.63) is 17.0 Å². The molecule has 0 spiro atoms. The Hall–Kier alpha value is -0.680. The predicted octanol–water partition coefficient (Wildman–Crippen LogP) is 2.24. The fourth-order valence-electron chi connectivity index (χ4n) is 1.92. The Bertz CT molecular complexity index is 342. The molecule has 0 aliphatic carbocycles. The van der Waals surface area contributed by atoms with Crippen LogP contribution >= 0.6 is 15.9 Å². The lowest BCUT2D eigenvalue weighted by molar-refractivity contribution is 0.115. The normalized spacial score (nSPS) is 20.0. The van der Waals surface area contributed by atoms with Gasteiger partial charge in [-0.25, -0.2) is 9.97 Å². The van der Waals surface area contributed by atoms with E-state index in [4.69, 9.17) is 4.74 Å². The zero-order valence-corrected chi connectivity index (χ0v) is 11.0. The van der Waals surface area contributed by atoms with Gasteiger partial charge in [-0.1, -0.05) is 0 Å².